The number of benzene rings is 1. The molecule has 2 N–H and O–H groups in total. The summed E-state index contributed by atoms with van der Waals surface area (Å²) >= 11 is 0. The van der Waals surface area contributed by atoms with Gasteiger partial charge in [0.2, 0.25) is 0 Å². The van der Waals surface area contributed by atoms with E-state index in [1.165, 1.54) is 10.8 Å². The van der Waals surface area contributed by atoms with E-state index in [2.05, 4.69) is 18.2 Å². The summed E-state index contributed by atoms with van der Waals surface area (Å²) in [7, 11) is 1.11. The lowest BCUT2D eigenvalue weighted by Crippen LogP contribution is -2.12. The Morgan fingerprint density at radius 3 is 2.44 bits per heavy atom. The molecule has 1 aromatic carbocycles. The Morgan fingerprint density at radius 1 is 1.33 bits per heavy atom. The molecule has 0 saturated heterocycles. The molecule has 1 aromatic rings. The van der Waals surface area contributed by atoms with E-state index < -0.39 is 0 Å². The van der Waals surface area contributed by atoms with E-state index in [-0.39, 0.29) is 0 Å². The quantitative estimate of drug-likeness (QED) is 0.501. The fourth-order valence-electron chi connectivity index (χ4n) is 0.839. The van der Waals surface area contributed by atoms with Crippen LogP contribution in [0.4, 0.5) is 0 Å². The van der Waals surface area contributed by atoms with Crippen LogP contribution in [0.2, 0.25) is 0 Å². The van der Waals surface area contributed by atoms with Crippen LogP contribution in [0.5, 0.6) is 0 Å². The first-order valence-electron chi connectivity index (χ1n) is 3.09. The Balaban J connectivity index is 3.01. The normalized spacial score (nSPS) is 9.89. The summed E-state index contributed by atoms with van der Waals surface area (Å²) in [6.07, 6.45) is 0. The third-order valence-corrected chi connectivity index (χ3v) is 2.46. The topological polar surface area (TPSA) is 26.0 Å². The molecule has 48 valence electrons. The monoisotopic (exact) mass is 137 g/mol. The minimum Gasteiger partial charge on any atom is -0.327 e. The molecule has 0 heterocycles. The van der Waals surface area contributed by atoms with Crippen LogP contribution in [-0.2, 0) is 6.54 Å². The molecule has 0 amide bonds. The molecule has 0 saturated carbocycles. The van der Waals surface area contributed by atoms with Crippen LogP contribution >= 0.6 is 0 Å². The zero-order valence-corrected chi connectivity index (χ0v) is 7.59. The first kappa shape index (κ1) is 6.52. The lowest BCUT2D eigenvalue weighted by Gasteiger charge is -1.98. The SMILES string of the molecule is NCc1ccccc1[SiH3]. The number of nitrogens with two attached hydrogens (primary N) is 1. The number of hydrogen-bond donors (Lipinski definition) is 1. The van der Waals surface area contributed by atoms with Gasteiger partial charge >= 0.3 is 0 Å². The summed E-state index contributed by atoms with van der Waals surface area (Å²) in [6, 6.07) is 8.31. The highest BCUT2D eigenvalue weighted by atomic mass is 28.1. The molecule has 0 fully saturated rings. The van der Waals surface area contributed by atoms with Crippen LogP contribution in [-0.4, -0.2) is 10.2 Å². The Kier molecular flexibility index (Phi) is 2.03. The average Bonchev–Trinajstić information content (AvgIpc) is 1.89. The van der Waals surface area contributed by atoms with E-state index in [1.54, 1.807) is 0 Å². The first-order valence-corrected chi connectivity index (χ1v) is 4.09. The third-order valence-electron chi connectivity index (χ3n) is 1.48. The van der Waals surface area contributed by atoms with Crippen LogP contribution in [0, 0.1) is 0 Å². The van der Waals surface area contributed by atoms with Crippen molar-refractivity contribution < 1.29 is 0 Å². The minimum atomic E-state index is 0.680. The summed E-state index contributed by atoms with van der Waals surface area (Å²) in [5, 5.41) is 1.42. The van der Waals surface area contributed by atoms with Crippen molar-refractivity contribution in [3.63, 3.8) is 0 Å². The van der Waals surface area contributed by atoms with Gasteiger partial charge < -0.3 is 5.73 Å². The Labute approximate surface area is 58.3 Å². The van der Waals surface area contributed by atoms with Crippen molar-refractivity contribution in [2.45, 2.75) is 6.54 Å². The standard InChI is InChI=1S/C7H11NSi/c8-5-6-3-1-2-4-7(6)9/h1-4H,5,8H2,9H3. The maximum Gasteiger partial charge on any atom is 0.0389 e. The molecule has 0 aliphatic rings. The summed E-state index contributed by atoms with van der Waals surface area (Å²) in [4.78, 5) is 0. The highest BCUT2D eigenvalue weighted by Crippen LogP contribution is 1.90. The average molecular weight is 137 g/mol. The number of rotatable bonds is 1. The van der Waals surface area contributed by atoms with Crippen molar-refractivity contribution in [3.8, 4) is 0 Å². The summed E-state index contributed by atoms with van der Waals surface area (Å²) < 4.78 is 0. The van der Waals surface area contributed by atoms with Crippen molar-refractivity contribution in [1.29, 1.82) is 0 Å². The van der Waals surface area contributed by atoms with Crippen molar-refractivity contribution in [2.75, 3.05) is 0 Å². The van der Waals surface area contributed by atoms with Gasteiger partial charge in [-0.1, -0.05) is 29.5 Å². The molecule has 0 aliphatic heterocycles. The largest absolute Gasteiger partial charge is 0.327 e. The van der Waals surface area contributed by atoms with E-state index in [0.717, 1.165) is 10.2 Å². The third kappa shape index (κ3) is 1.40. The molecular formula is C7H11NSi. The van der Waals surface area contributed by atoms with Gasteiger partial charge in [-0.15, -0.1) is 0 Å². The molecule has 0 spiro atoms. The highest BCUT2D eigenvalue weighted by molar-refractivity contribution is 6.33. The fourth-order valence-corrected chi connectivity index (χ4v) is 1.40. The van der Waals surface area contributed by atoms with Crippen molar-refractivity contribution in [1.82, 2.24) is 0 Å². The van der Waals surface area contributed by atoms with Gasteiger partial charge in [0, 0.05) is 16.8 Å². The summed E-state index contributed by atoms with van der Waals surface area (Å²) in [5.74, 6) is 0. The van der Waals surface area contributed by atoms with E-state index in [1.807, 2.05) is 6.07 Å². The van der Waals surface area contributed by atoms with Crippen molar-refractivity contribution in [3.05, 3.63) is 29.8 Å². The summed E-state index contributed by atoms with van der Waals surface area (Å²) in [6.45, 7) is 0.680. The van der Waals surface area contributed by atoms with Crippen LogP contribution in [0.25, 0.3) is 0 Å². The fraction of sp³-hybridized carbons (Fsp3) is 0.143. The molecule has 1 rings (SSSR count). The van der Waals surface area contributed by atoms with Gasteiger partial charge in [-0.2, -0.15) is 0 Å². The predicted octanol–water partition coefficient (Wildman–Crippen LogP) is -0.864. The molecule has 0 unspecified atom stereocenters. The van der Waals surface area contributed by atoms with Gasteiger partial charge in [0.25, 0.3) is 0 Å². The minimum absolute atomic E-state index is 0.680. The Hall–Kier alpha value is -0.603. The first-order chi connectivity index (χ1) is 4.34. The Morgan fingerprint density at radius 2 is 2.00 bits per heavy atom. The van der Waals surface area contributed by atoms with Crippen LogP contribution in [0.15, 0.2) is 24.3 Å². The van der Waals surface area contributed by atoms with Gasteiger partial charge in [0.15, 0.2) is 0 Å². The van der Waals surface area contributed by atoms with Crippen LogP contribution in [0.3, 0.4) is 0 Å². The molecule has 1 nitrogen and oxygen atoms in total. The van der Waals surface area contributed by atoms with Crippen molar-refractivity contribution >= 4 is 15.4 Å². The smallest absolute Gasteiger partial charge is 0.0389 e. The predicted molar refractivity (Wildman–Crippen MR) is 43.9 cm³/mol. The molecule has 0 aromatic heterocycles. The van der Waals surface area contributed by atoms with Gasteiger partial charge in [-0.25, -0.2) is 0 Å². The van der Waals surface area contributed by atoms with E-state index in [9.17, 15) is 0 Å². The zero-order chi connectivity index (χ0) is 6.69. The zero-order valence-electron chi connectivity index (χ0n) is 5.59. The second-order valence-corrected chi connectivity index (χ2v) is 3.21. The maximum absolute atomic E-state index is 5.47. The van der Waals surface area contributed by atoms with E-state index in [4.69, 9.17) is 5.73 Å². The Bertz CT molecular complexity index is 198. The molecule has 0 atom stereocenters. The molecule has 9 heavy (non-hydrogen) atoms. The van der Waals surface area contributed by atoms with E-state index in [0.29, 0.717) is 6.54 Å². The molecule has 2 heteroatoms. The maximum atomic E-state index is 5.47. The molecule has 0 radical (unpaired) electrons. The lowest BCUT2D eigenvalue weighted by molar-refractivity contribution is 1.08. The molecule has 0 bridgehead atoms. The van der Waals surface area contributed by atoms with Crippen LogP contribution in [0.1, 0.15) is 5.56 Å². The second-order valence-electron chi connectivity index (χ2n) is 2.13. The van der Waals surface area contributed by atoms with Gasteiger partial charge in [0.1, 0.15) is 0 Å². The van der Waals surface area contributed by atoms with Gasteiger partial charge in [-0.05, 0) is 5.56 Å². The van der Waals surface area contributed by atoms with E-state index >= 15 is 0 Å². The molecular weight excluding hydrogens is 126 g/mol. The highest BCUT2D eigenvalue weighted by Gasteiger charge is 1.89. The van der Waals surface area contributed by atoms with Gasteiger partial charge in [-0.3, -0.25) is 0 Å². The summed E-state index contributed by atoms with van der Waals surface area (Å²) in [5.41, 5.74) is 6.77. The lowest BCUT2D eigenvalue weighted by atomic mass is 10.2. The van der Waals surface area contributed by atoms with Crippen LogP contribution < -0.4 is 10.9 Å². The van der Waals surface area contributed by atoms with Gasteiger partial charge in [0.05, 0.1) is 0 Å². The van der Waals surface area contributed by atoms with Crippen molar-refractivity contribution in [2.24, 2.45) is 5.73 Å². The number of hydrogen-bond acceptors (Lipinski definition) is 1. The second kappa shape index (κ2) is 2.80. The molecule has 0 aliphatic carbocycles.